The summed E-state index contributed by atoms with van der Waals surface area (Å²) < 4.78 is 0. The summed E-state index contributed by atoms with van der Waals surface area (Å²) in [7, 11) is 0. The van der Waals surface area contributed by atoms with Crippen LogP contribution in [0.5, 0.6) is 0 Å². The number of carbonyl (C=O) groups excluding carboxylic acids is 1. The van der Waals surface area contributed by atoms with Crippen molar-refractivity contribution in [2.45, 2.75) is 20.4 Å². The summed E-state index contributed by atoms with van der Waals surface area (Å²) >= 11 is 1.60. The summed E-state index contributed by atoms with van der Waals surface area (Å²) in [5, 5.41) is 4.84. The maximum Gasteiger partial charge on any atom is 0.222 e. The van der Waals surface area contributed by atoms with Crippen LogP contribution in [0.3, 0.4) is 0 Å². The van der Waals surface area contributed by atoms with Crippen LogP contribution in [-0.2, 0) is 11.3 Å². The zero-order valence-corrected chi connectivity index (χ0v) is 10.4. The Bertz CT molecular complexity index is 412. The third kappa shape index (κ3) is 4.05. The van der Waals surface area contributed by atoms with E-state index in [2.05, 4.69) is 17.2 Å². The molecule has 1 aromatic rings. The molecule has 1 rings (SSSR count). The molecule has 0 aromatic carbocycles. The van der Waals surface area contributed by atoms with Crippen molar-refractivity contribution in [3.8, 4) is 11.8 Å². The molecule has 86 valence electrons. The van der Waals surface area contributed by atoms with Crippen molar-refractivity contribution in [3.05, 3.63) is 21.9 Å². The fourth-order valence-corrected chi connectivity index (χ4v) is 1.83. The number of carbonyl (C=O) groups is 1. The maximum atomic E-state index is 11.3. The van der Waals surface area contributed by atoms with Crippen LogP contribution in [-0.4, -0.2) is 12.5 Å². The SMILES string of the molecule is CC(C)C(=O)NCc1cc(C#CCN)cs1. The second-order valence-corrected chi connectivity index (χ2v) is 4.68. The van der Waals surface area contributed by atoms with Crippen molar-refractivity contribution >= 4 is 17.2 Å². The van der Waals surface area contributed by atoms with E-state index in [1.54, 1.807) is 11.3 Å². The lowest BCUT2D eigenvalue weighted by Gasteiger charge is -2.05. The number of nitrogens with two attached hydrogens (primary N) is 1. The quantitative estimate of drug-likeness (QED) is 0.778. The first-order valence-corrected chi connectivity index (χ1v) is 6.05. The Morgan fingerprint density at radius 1 is 1.62 bits per heavy atom. The first-order valence-electron chi connectivity index (χ1n) is 5.17. The van der Waals surface area contributed by atoms with E-state index < -0.39 is 0 Å². The second-order valence-electron chi connectivity index (χ2n) is 3.68. The van der Waals surface area contributed by atoms with Crippen molar-refractivity contribution in [1.82, 2.24) is 5.32 Å². The van der Waals surface area contributed by atoms with Crippen molar-refractivity contribution < 1.29 is 4.79 Å². The van der Waals surface area contributed by atoms with Gasteiger partial charge in [-0.15, -0.1) is 11.3 Å². The van der Waals surface area contributed by atoms with E-state index in [9.17, 15) is 4.79 Å². The number of rotatable bonds is 3. The standard InChI is InChI=1S/C12H16N2OS/c1-9(2)12(15)14-7-11-6-10(8-16-11)4-3-5-13/h6,8-9H,5,7,13H2,1-2H3,(H,14,15). The van der Waals surface area contributed by atoms with Gasteiger partial charge in [0.15, 0.2) is 0 Å². The lowest BCUT2D eigenvalue weighted by atomic mass is 10.2. The smallest absolute Gasteiger partial charge is 0.222 e. The molecule has 0 aliphatic heterocycles. The number of thiophene rings is 1. The predicted molar refractivity (Wildman–Crippen MR) is 66.9 cm³/mol. The highest BCUT2D eigenvalue weighted by molar-refractivity contribution is 7.10. The summed E-state index contributed by atoms with van der Waals surface area (Å²) in [6, 6.07) is 1.98. The topological polar surface area (TPSA) is 55.1 Å². The Hall–Kier alpha value is -1.31. The van der Waals surface area contributed by atoms with E-state index in [1.807, 2.05) is 25.3 Å². The molecular weight excluding hydrogens is 220 g/mol. The van der Waals surface area contributed by atoms with Gasteiger partial charge in [-0.25, -0.2) is 0 Å². The van der Waals surface area contributed by atoms with Gasteiger partial charge in [0, 0.05) is 21.7 Å². The summed E-state index contributed by atoms with van der Waals surface area (Å²) in [6.45, 7) is 4.70. The van der Waals surface area contributed by atoms with Crippen LogP contribution in [0, 0.1) is 17.8 Å². The molecule has 0 aliphatic carbocycles. The maximum absolute atomic E-state index is 11.3. The fraction of sp³-hybridized carbons (Fsp3) is 0.417. The van der Waals surface area contributed by atoms with Crippen molar-refractivity contribution in [2.24, 2.45) is 11.7 Å². The molecule has 0 aliphatic rings. The second kappa shape index (κ2) is 6.31. The molecule has 0 spiro atoms. The van der Waals surface area contributed by atoms with Gasteiger partial charge in [0.2, 0.25) is 5.91 Å². The van der Waals surface area contributed by atoms with Crippen molar-refractivity contribution in [3.63, 3.8) is 0 Å². The third-order valence-corrected chi connectivity index (χ3v) is 2.89. The number of hydrogen-bond acceptors (Lipinski definition) is 3. The molecule has 3 nitrogen and oxygen atoms in total. The Labute approximate surface area is 100 Å². The average molecular weight is 236 g/mol. The first kappa shape index (κ1) is 12.8. The number of hydrogen-bond donors (Lipinski definition) is 2. The lowest BCUT2D eigenvalue weighted by molar-refractivity contribution is -0.124. The Balaban J connectivity index is 2.49. The summed E-state index contributed by atoms with van der Waals surface area (Å²) in [5.74, 6) is 5.85. The van der Waals surface area contributed by atoms with Crippen LogP contribution < -0.4 is 11.1 Å². The zero-order chi connectivity index (χ0) is 12.0. The molecule has 0 atom stereocenters. The third-order valence-electron chi connectivity index (χ3n) is 1.95. The van der Waals surface area contributed by atoms with Gasteiger partial charge < -0.3 is 11.1 Å². The van der Waals surface area contributed by atoms with Gasteiger partial charge in [-0.05, 0) is 6.07 Å². The van der Waals surface area contributed by atoms with Gasteiger partial charge in [-0.2, -0.15) is 0 Å². The minimum Gasteiger partial charge on any atom is -0.351 e. The molecule has 0 fully saturated rings. The normalized spacial score (nSPS) is 9.75. The van der Waals surface area contributed by atoms with Crippen LogP contribution in [0.1, 0.15) is 24.3 Å². The van der Waals surface area contributed by atoms with E-state index in [0.717, 1.165) is 10.4 Å². The van der Waals surface area contributed by atoms with Crippen molar-refractivity contribution in [1.29, 1.82) is 0 Å². The zero-order valence-electron chi connectivity index (χ0n) is 9.54. The van der Waals surface area contributed by atoms with Gasteiger partial charge in [-0.3, -0.25) is 4.79 Å². The molecule has 0 saturated heterocycles. The van der Waals surface area contributed by atoms with E-state index in [1.165, 1.54) is 0 Å². The molecule has 1 aromatic heterocycles. The fourth-order valence-electron chi connectivity index (χ4n) is 1.07. The first-order chi connectivity index (χ1) is 7.63. The van der Waals surface area contributed by atoms with Gasteiger partial charge in [0.25, 0.3) is 0 Å². The van der Waals surface area contributed by atoms with Crippen LogP contribution in [0.25, 0.3) is 0 Å². The molecule has 16 heavy (non-hydrogen) atoms. The molecule has 0 radical (unpaired) electrons. The Kier molecular flexibility index (Phi) is 5.03. The molecule has 0 unspecified atom stereocenters. The Morgan fingerprint density at radius 3 is 3.00 bits per heavy atom. The molecule has 0 saturated carbocycles. The summed E-state index contributed by atoms with van der Waals surface area (Å²) in [5.41, 5.74) is 6.25. The van der Waals surface area contributed by atoms with E-state index in [4.69, 9.17) is 5.73 Å². The Morgan fingerprint density at radius 2 is 2.38 bits per heavy atom. The van der Waals surface area contributed by atoms with Crippen molar-refractivity contribution in [2.75, 3.05) is 6.54 Å². The molecule has 3 N–H and O–H groups in total. The number of amides is 1. The molecule has 1 amide bonds. The highest BCUT2D eigenvalue weighted by atomic mass is 32.1. The van der Waals surface area contributed by atoms with Crippen LogP contribution in [0.2, 0.25) is 0 Å². The lowest BCUT2D eigenvalue weighted by Crippen LogP contribution is -2.26. The van der Waals surface area contributed by atoms with Crippen LogP contribution in [0.4, 0.5) is 0 Å². The molecular formula is C12H16N2OS. The predicted octanol–water partition coefficient (Wildman–Crippen LogP) is 1.33. The number of nitrogens with one attached hydrogen (secondary N) is 1. The highest BCUT2D eigenvalue weighted by Gasteiger charge is 2.06. The van der Waals surface area contributed by atoms with Gasteiger partial charge >= 0.3 is 0 Å². The monoisotopic (exact) mass is 236 g/mol. The molecule has 1 heterocycles. The van der Waals surface area contributed by atoms with E-state index in [-0.39, 0.29) is 11.8 Å². The van der Waals surface area contributed by atoms with Gasteiger partial charge in [0.1, 0.15) is 0 Å². The van der Waals surface area contributed by atoms with E-state index in [0.29, 0.717) is 13.1 Å². The van der Waals surface area contributed by atoms with Crippen LogP contribution in [0.15, 0.2) is 11.4 Å². The average Bonchev–Trinajstić information content (AvgIpc) is 2.70. The molecule has 0 bridgehead atoms. The summed E-state index contributed by atoms with van der Waals surface area (Å²) in [4.78, 5) is 12.5. The summed E-state index contributed by atoms with van der Waals surface area (Å²) in [6.07, 6.45) is 0. The minimum atomic E-state index is 0.0245. The highest BCUT2D eigenvalue weighted by Crippen LogP contribution is 2.13. The van der Waals surface area contributed by atoms with Gasteiger partial charge in [0.05, 0.1) is 13.1 Å². The largest absolute Gasteiger partial charge is 0.351 e. The van der Waals surface area contributed by atoms with Crippen LogP contribution >= 0.6 is 11.3 Å². The molecule has 4 heteroatoms. The van der Waals surface area contributed by atoms with E-state index >= 15 is 0 Å². The minimum absolute atomic E-state index is 0.0245. The van der Waals surface area contributed by atoms with Gasteiger partial charge in [-0.1, -0.05) is 25.7 Å².